The molecule has 10 heteroatoms. The fourth-order valence-electron chi connectivity index (χ4n) is 3.50. The van der Waals surface area contributed by atoms with Crippen LogP contribution in [0.5, 0.6) is 23.0 Å². The number of ether oxygens (including phenoxy) is 6. The van der Waals surface area contributed by atoms with Gasteiger partial charge in [0.1, 0.15) is 23.0 Å². The lowest BCUT2D eigenvalue weighted by molar-refractivity contribution is -0.142. The van der Waals surface area contributed by atoms with Crippen LogP contribution in [0.1, 0.15) is 60.2 Å². The molecule has 0 aliphatic heterocycles. The van der Waals surface area contributed by atoms with Gasteiger partial charge < -0.3 is 28.4 Å². The average Bonchev–Trinajstić information content (AvgIpc) is 2.98. The molecule has 42 heavy (non-hydrogen) atoms. The monoisotopic (exact) mass is 578 g/mol. The van der Waals surface area contributed by atoms with E-state index in [0.29, 0.717) is 73.4 Å². The molecule has 3 aromatic carbocycles. The number of carbonyl (C=O) groups excluding carboxylic acids is 4. The second-order valence-corrected chi connectivity index (χ2v) is 9.09. The van der Waals surface area contributed by atoms with Crippen molar-refractivity contribution in [3.63, 3.8) is 0 Å². The van der Waals surface area contributed by atoms with E-state index in [-0.39, 0.29) is 11.9 Å². The first-order valence-corrected chi connectivity index (χ1v) is 13.6. The zero-order valence-electron chi connectivity index (χ0n) is 23.7. The first-order valence-electron chi connectivity index (χ1n) is 13.6. The fraction of sp³-hybridized carbons (Fsp3) is 0.312. The quantitative estimate of drug-likeness (QED) is 0.121. The minimum absolute atomic E-state index is 0.294. The third kappa shape index (κ3) is 11.7. The highest BCUT2D eigenvalue weighted by molar-refractivity contribution is 5.92. The van der Waals surface area contributed by atoms with E-state index in [4.69, 9.17) is 28.4 Å². The predicted molar refractivity (Wildman–Crippen MR) is 152 cm³/mol. The Balaban J connectivity index is 1.39. The second-order valence-electron chi connectivity index (χ2n) is 9.09. The summed E-state index contributed by atoms with van der Waals surface area (Å²) < 4.78 is 31.8. The molecule has 10 nitrogen and oxygen atoms in total. The Morgan fingerprint density at radius 1 is 0.452 bits per heavy atom. The van der Waals surface area contributed by atoms with Gasteiger partial charge in [0.15, 0.2) is 0 Å². The Labute approximate surface area is 244 Å². The summed E-state index contributed by atoms with van der Waals surface area (Å²) in [7, 11) is 0. The molecule has 0 aromatic heterocycles. The molecule has 0 aliphatic rings. The summed E-state index contributed by atoms with van der Waals surface area (Å²) >= 11 is 0. The van der Waals surface area contributed by atoms with Gasteiger partial charge in [-0.1, -0.05) is 0 Å². The third-order valence-corrected chi connectivity index (χ3v) is 5.65. The largest absolute Gasteiger partial charge is 0.494 e. The number of hydrogen-bond donors (Lipinski definition) is 0. The molecule has 3 rings (SSSR count). The Hall–Kier alpha value is -4.86. The Bertz CT molecular complexity index is 1200. The molecule has 0 atom stereocenters. The average molecular weight is 579 g/mol. The maximum atomic E-state index is 12.5. The summed E-state index contributed by atoms with van der Waals surface area (Å²) in [5.74, 6) is 0.125. The molecule has 0 spiro atoms. The lowest BCUT2D eigenvalue weighted by atomic mass is 10.2. The van der Waals surface area contributed by atoms with Crippen molar-refractivity contribution in [3.05, 3.63) is 83.9 Å². The van der Waals surface area contributed by atoms with E-state index in [1.54, 1.807) is 48.5 Å². The number of hydrogen-bond acceptors (Lipinski definition) is 10. The molecule has 0 saturated carbocycles. The number of rotatable bonds is 16. The Kier molecular flexibility index (Phi) is 12.9. The van der Waals surface area contributed by atoms with Crippen molar-refractivity contribution in [2.45, 2.75) is 39.5 Å². The van der Waals surface area contributed by atoms with Gasteiger partial charge in [-0.2, -0.15) is 0 Å². The van der Waals surface area contributed by atoms with Gasteiger partial charge in [-0.15, -0.1) is 0 Å². The molecule has 3 aromatic rings. The summed E-state index contributed by atoms with van der Waals surface area (Å²) in [5, 5.41) is 0. The lowest BCUT2D eigenvalue weighted by Crippen LogP contribution is -2.10. The maximum absolute atomic E-state index is 12.5. The van der Waals surface area contributed by atoms with Crippen LogP contribution in [0.2, 0.25) is 0 Å². The molecule has 0 bridgehead atoms. The summed E-state index contributed by atoms with van der Waals surface area (Å²) in [6, 6.07) is 19.3. The Morgan fingerprint density at radius 3 is 1.10 bits per heavy atom. The topological polar surface area (TPSA) is 124 Å². The Morgan fingerprint density at radius 2 is 0.762 bits per heavy atom. The van der Waals surface area contributed by atoms with Crippen molar-refractivity contribution < 1.29 is 47.6 Å². The summed E-state index contributed by atoms with van der Waals surface area (Å²) in [6.07, 6.45) is 2.86. The third-order valence-electron chi connectivity index (χ3n) is 5.65. The first-order chi connectivity index (χ1) is 20.3. The smallest absolute Gasteiger partial charge is 0.343 e. The van der Waals surface area contributed by atoms with Crippen molar-refractivity contribution >= 4 is 23.9 Å². The van der Waals surface area contributed by atoms with Crippen LogP contribution in [0.25, 0.3) is 0 Å². The van der Waals surface area contributed by atoms with Crippen LogP contribution in [-0.2, 0) is 19.1 Å². The van der Waals surface area contributed by atoms with Crippen LogP contribution in [0.4, 0.5) is 0 Å². The molecule has 0 aliphatic carbocycles. The van der Waals surface area contributed by atoms with E-state index in [1.165, 1.54) is 38.1 Å². The van der Waals surface area contributed by atoms with E-state index >= 15 is 0 Å². The summed E-state index contributed by atoms with van der Waals surface area (Å²) in [5.41, 5.74) is 0.698. The van der Waals surface area contributed by atoms with Crippen molar-refractivity contribution in [1.82, 2.24) is 0 Å². The molecule has 0 saturated heterocycles. The molecule has 0 radical (unpaired) electrons. The number of esters is 4. The van der Waals surface area contributed by atoms with Crippen LogP contribution >= 0.6 is 0 Å². The van der Waals surface area contributed by atoms with E-state index < -0.39 is 11.9 Å². The van der Waals surface area contributed by atoms with Crippen LogP contribution in [-0.4, -0.2) is 50.3 Å². The highest BCUT2D eigenvalue weighted by Gasteiger charge is 2.12. The van der Waals surface area contributed by atoms with Crippen LogP contribution < -0.4 is 18.9 Å². The highest BCUT2D eigenvalue weighted by Crippen LogP contribution is 2.21. The molecular formula is C32H34O10. The van der Waals surface area contributed by atoms with E-state index in [1.807, 2.05) is 0 Å². The fourth-order valence-corrected chi connectivity index (χ4v) is 3.50. The van der Waals surface area contributed by atoms with E-state index in [9.17, 15) is 19.2 Å². The number of benzene rings is 3. The molecule has 0 heterocycles. The zero-order valence-corrected chi connectivity index (χ0v) is 23.7. The van der Waals surface area contributed by atoms with Gasteiger partial charge in [-0.25, -0.2) is 9.59 Å². The van der Waals surface area contributed by atoms with Crippen molar-refractivity contribution in [3.8, 4) is 23.0 Å². The molecule has 0 amide bonds. The van der Waals surface area contributed by atoms with Gasteiger partial charge >= 0.3 is 23.9 Å². The van der Waals surface area contributed by atoms with Crippen molar-refractivity contribution in [2.75, 3.05) is 26.4 Å². The lowest BCUT2D eigenvalue weighted by Gasteiger charge is -2.09. The minimum atomic E-state index is -0.542. The first kappa shape index (κ1) is 31.7. The van der Waals surface area contributed by atoms with Gasteiger partial charge in [-0.3, -0.25) is 9.59 Å². The number of unbranched alkanes of at least 4 members (excludes halogenated alkanes) is 2. The normalized spacial score (nSPS) is 10.3. The SMILES string of the molecule is CC(=O)OCCCCOc1ccc(C(=O)Oc2ccc(OC(=O)c3ccc(OCCCCOC(C)=O)cc3)cc2)cc1. The van der Waals surface area contributed by atoms with Gasteiger partial charge in [-0.05, 0) is 98.5 Å². The van der Waals surface area contributed by atoms with Crippen molar-refractivity contribution in [1.29, 1.82) is 0 Å². The molecule has 0 N–H and O–H groups in total. The maximum Gasteiger partial charge on any atom is 0.343 e. The van der Waals surface area contributed by atoms with Gasteiger partial charge in [0, 0.05) is 13.8 Å². The summed E-state index contributed by atoms with van der Waals surface area (Å²) in [6.45, 7) is 4.39. The highest BCUT2D eigenvalue weighted by atomic mass is 16.5. The minimum Gasteiger partial charge on any atom is -0.494 e. The van der Waals surface area contributed by atoms with Gasteiger partial charge in [0.05, 0.1) is 37.6 Å². The van der Waals surface area contributed by atoms with Crippen LogP contribution in [0.3, 0.4) is 0 Å². The van der Waals surface area contributed by atoms with E-state index in [2.05, 4.69) is 0 Å². The summed E-state index contributed by atoms with van der Waals surface area (Å²) in [4.78, 5) is 46.5. The second kappa shape index (κ2) is 17.1. The van der Waals surface area contributed by atoms with Gasteiger partial charge in [0.2, 0.25) is 0 Å². The molecular weight excluding hydrogens is 544 g/mol. The molecule has 0 fully saturated rings. The van der Waals surface area contributed by atoms with Gasteiger partial charge in [0.25, 0.3) is 0 Å². The standard InChI is InChI=1S/C32H34O10/c1-23(33)37-19-3-5-21-39-27-11-7-25(8-12-27)31(35)41-29-15-17-30(18-16-29)42-32(36)26-9-13-28(14-10-26)40-22-6-4-20-38-24(2)34/h7-18H,3-6,19-22H2,1-2H3. The van der Waals surface area contributed by atoms with Crippen LogP contribution in [0.15, 0.2) is 72.8 Å². The zero-order chi connectivity index (χ0) is 30.2. The molecule has 0 unspecified atom stereocenters. The van der Waals surface area contributed by atoms with Crippen molar-refractivity contribution in [2.24, 2.45) is 0 Å². The molecule has 222 valence electrons. The van der Waals surface area contributed by atoms with E-state index in [0.717, 1.165) is 12.8 Å². The number of carbonyl (C=O) groups is 4. The van der Waals surface area contributed by atoms with Crippen LogP contribution in [0, 0.1) is 0 Å². The predicted octanol–water partition coefficient (Wildman–Crippen LogP) is 5.57.